The van der Waals surface area contributed by atoms with Crippen molar-refractivity contribution in [3.05, 3.63) is 59.1 Å². The Balaban J connectivity index is 1.49. The smallest absolute Gasteiger partial charge is 0.323 e. The number of pyridine rings is 1. The fraction of sp³-hybridized carbons (Fsp3) is 0.368. The molecule has 0 spiro atoms. The SMILES string of the molecule is Cn1nc2c(c1NC(=O)N1CCc3[nH]cnc3C1c1ccncc1)CCC2. The van der Waals surface area contributed by atoms with Gasteiger partial charge in [-0.25, -0.2) is 9.78 Å². The van der Waals surface area contributed by atoms with Crippen molar-refractivity contribution in [2.75, 3.05) is 11.9 Å². The molecule has 0 bridgehead atoms. The van der Waals surface area contributed by atoms with Crippen LogP contribution in [0.4, 0.5) is 10.6 Å². The van der Waals surface area contributed by atoms with Crippen LogP contribution in [0.15, 0.2) is 30.9 Å². The first-order valence-corrected chi connectivity index (χ1v) is 9.27. The van der Waals surface area contributed by atoms with E-state index in [1.165, 1.54) is 5.56 Å². The fourth-order valence-corrected chi connectivity index (χ4v) is 4.23. The summed E-state index contributed by atoms with van der Waals surface area (Å²) >= 11 is 0. The van der Waals surface area contributed by atoms with Gasteiger partial charge in [0.25, 0.3) is 0 Å². The summed E-state index contributed by atoms with van der Waals surface area (Å²) in [6, 6.07) is 3.53. The summed E-state index contributed by atoms with van der Waals surface area (Å²) in [6.07, 6.45) is 9.01. The van der Waals surface area contributed by atoms with Crippen molar-refractivity contribution in [3.8, 4) is 0 Å². The van der Waals surface area contributed by atoms with Gasteiger partial charge in [0.05, 0.1) is 17.7 Å². The lowest BCUT2D eigenvalue weighted by atomic mass is 9.97. The normalized spacial score (nSPS) is 18.3. The minimum atomic E-state index is -0.232. The topological polar surface area (TPSA) is 91.7 Å². The Morgan fingerprint density at radius 2 is 2.11 bits per heavy atom. The predicted octanol–water partition coefficient (Wildman–Crippen LogP) is 2.21. The van der Waals surface area contributed by atoms with Gasteiger partial charge in [0, 0.05) is 43.7 Å². The van der Waals surface area contributed by atoms with Crippen LogP contribution in [-0.4, -0.2) is 42.2 Å². The summed E-state index contributed by atoms with van der Waals surface area (Å²) < 4.78 is 1.78. The molecule has 8 heteroatoms. The second-order valence-corrected chi connectivity index (χ2v) is 7.07. The molecule has 0 fully saturated rings. The minimum absolute atomic E-state index is 0.122. The van der Waals surface area contributed by atoms with Gasteiger partial charge in [-0.2, -0.15) is 5.10 Å². The lowest BCUT2D eigenvalue weighted by Crippen LogP contribution is -2.43. The van der Waals surface area contributed by atoms with Crippen LogP contribution < -0.4 is 5.32 Å². The molecule has 1 unspecified atom stereocenters. The molecular weight excluding hydrogens is 342 g/mol. The Labute approximate surface area is 156 Å². The zero-order chi connectivity index (χ0) is 18.4. The van der Waals surface area contributed by atoms with Crippen LogP contribution in [0.1, 0.15) is 40.7 Å². The number of rotatable bonds is 2. The Bertz CT molecular complexity index is 991. The number of carbonyl (C=O) groups excluding carboxylic acids is 1. The molecule has 5 rings (SSSR count). The molecule has 0 saturated heterocycles. The minimum Gasteiger partial charge on any atom is -0.348 e. The molecule has 27 heavy (non-hydrogen) atoms. The van der Waals surface area contributed by atoms with E-state index in [1.807, 2.05) is 24.1 Å². The number of imidazole rings is 1. The molecule has 1 atom stereocenters. The second-order valence-electron chi connectivity index (χ2n) is 7.07. The maximum absolute atomic E-state index is 13.3. The largest absolute Gasteiger partial charge is 0.348 e. The third kappa shape index (κ3) is 2.59. The number of aromatic nitrogens is 5. The molecular formula is C19H21N7O. The second kappa shape index (κ2) is 6.22. The van der Waals surface area contributed by atoms with E-state index in [0.717, 1.165) is 54.1 Å². The standard InChI is InChI=1S/C19H21N7O/c1-25-18(13-3-2-4-14(13)24-25)23-19(27)26-10-7-15-16(22-11-21-15)17(26)12-5-8-20-9-6-12/h5-6,8-9,11,17H,2-4,7,10H2,1H3,(H,21,22)(H,23,27). The molecule has 138 valence electrons. The van der Waals surface area contributed by atoms with Crippen LogP contribution in [0, 0.1) is 0 Å². The van der Waals surface area contributed by atoms with Crippen molar-refractivity contribution in [1.82, 2.24) is 29.6 Å². The van der Waals surface area contributed by atoms with Gasteiger partial charge in [-0.05, 0) is 37.0 Å². The lowest BCUT2D eigenvalue weighted by Gasteiger charge is -2.35. The molecule has 3 aromatic rings. The molecule has 4 heterocycles. The molecule has 2 N–H and O–H groups in total. The number of fused-ring (bicyclic) bond motifs is 2. The van der Waals surface area contributed by atoms with E-state index in [2.05, 4.69) is 25.4 Å². The molecule has 1 aliphatic heterocycles. The van der Waals surface area contributed by atoms with Gasteiger partial charge in [0.2, 0.25) is 0 Å². The van der Waals surface area contributed by atoms with Crippen molar-refractivity contribution in [2.24, 2.45) is 7.05 Å². The Morgan fingerprint density at radius 3 is 2.96 bits per heavy atom. The van der Waals surface area contributed by atoms with Crippen molar-refractivity contribution in [3.63, 3.8) is 0 Å². The Hall–Kier alpha value is -3.16. The first-order valence-electron chi connectivity index (χ1n) is 9.27. The zero-order valence-corrected chi connectivity index (χ0v) is 15.1. The summed E-state index contributed by atoms with van der Waals surface area (Å²) in [5.74, 6) is 0.814. The molecule has 0 saturated carbocycles. The molecule has 1 aliphatic carbocycles. The maximum atomic E-state index is 13.3. The number of carbonyl (C=O) groups is 1. The van der Waals surface area contributed by atoms with Crippen LogP contribution in [0.5, 0.6) is 0 Å². The molecule has 2 aliphatic rings. The third-order valence-electron chi connectivity index (χ3n) is 5.50. The Morgan fingerprint density at radius 1 is 1.26 bits per heavy atom. The van der Waals surface area contributed by atoms with Crippen molar-refractivity contribution < 1.29 is 4.79 Å². The van der Waals surface area contributed by atoms with E-state index in [4.69, 9.17) is 0 Å². The van der Waals surface area contributed by atoms with E-state index in [0.29, 0.717) is 6.54 Å². The quantitative estimate of drug-likeness (QED) is 0.730. The summed E-state index contributed by atoms with van der Waals surface area (Å²) in [7, 11) is 1.89. The van der Waals surface area contributed by atoms with E-state index in [9.17, 15) is 4.79 Å². The highest BCUT2D eigenvalue weighted by Gasteiger charge is 2.35. The van der Waals surface area contributed by atoms with Crippen molar-refractivity contribution in [2.45, 2.75) is 31.7 Å². The van der Waals surface area contributed by atoms with Gasteiger partial charge in [-0.1, -0.05) is 0 Å². The first kappa shape index (κ1) is 16.0. The van der Waals surface area contributed by atoms with Crippen LogP contribution >= 0.6 is 0 Å². The highest BCUT2D eigenvalue weighted by atomic mass is 16.2. The lowest BCUT2D eigenvalue weighted by molar-refractivity contribution is 0.192. The summed E-state index contributed by atoms with van der Waals surface area (Å²) in [6.45, 7) is 0.619. The predicted molar refractivity (Wildman–Crippen MR) is 99.3 cm³/mol. The molecule has 8 nitrogen and oxygen atoms in total. The number of hydrogen-bond acceptors (Lipinski definition) is 4. The monoisotopic (exact) mass is 363 g/mol. The van der Waals surface area contributed by atoms with Crippen LogP contribution in [0.2, 0.25) is 0 Å². The number of nitrogens with one attached hydrogen (secondary N) is 2. The fourth-order valence-electron chi connectivity index (χ4n) is 4.23. The number of aromatic amines is 1. The maximum Gasteiger partial charge on any atom is 0.323 e. The molecule has 0 aromatic carbocycles. The number of urea groups is 1. The van der Waals surface area contributed by atoms with Gasteiger partial charge in [0.1, 0.15) is 11.9 Å². The number of nitrogens with zero attached hydrogens (tertiary/aromatic N) is 5. The number of hydrogen-bond donors (Lipinski definition) is 2. The van der Waals surface area contributed by atoms with E-state index in [1.54, 1.807) is 23.4 Å². The van der Waals surface area contributed by atoms with E-state index < -0.39 is 0 Å². The van der Waals surface area contributed by atoms with Crippen molar-refractivity contribution in [1.29, 1.82) is 0 Å². The van der Waals surface area contributed by atoms with Gasteiger partial charge in [0.15, 0.2) is 0 Å². The highest BCUT2D eigenvalue weighted by molar-refractivity contribution is 5.90. The zero-order valence-electron chi connectivity index (χ0n) is 15.1. The highest BCUT2D eigenvalue weighted by Crippen LogP contribution is 2.34. The third-order valence-corrected chi connectivity index (χ3v) is 5.50. The first-order chi connectivity index (χ1) is 13.2. The van der Waals surface area contributed by atoms with Crippen LogP contribution in [-0.2, 0) is 26.3 Å². The average molecular weight is 363 g/mol. The van der Waals surface area contributed by atoms with E-state index >= 15 is 0 Å². The van der Waals surface area contributed by atoms with Gasteiger partial charge < -0.3 is 9.88 Å². The van der Waals surface area contributed by atoms with Gasteiger partial charge >= 0.3 is 6.03 Å². The number of aryl methyl sites for hydroxylation is 2. The molecule has 0 radical (unpaired) electrons. The summed E-state index contributed by atoms with van der Waals surface area (Å²) in [4.78, 5) is 26.9. The van der Waals surface area contributed by atoms with Gasteiger partial charge in [-0.3, -0.25) is 15.0 Å². The van der Waals surface area contributed by atoms with Crippen LogP contribution in [0.25, 0.3) is 0 Å². The van der Waals surface area contributed by atoms with Gasteiger partial charge in [-0.15, -0.1) is 0 Å². The summed E-state index contributed by atoms with van der Waals surface area (Å²) in [5.41, 5.74) is 5.26. The number of H-pyrrole nitrogens is 1. The molecule has 2 amide bonds. The average Bonchev–Trinajstić information content (AvgIpc) is 3.39. The van der Waals surface area contributed by atoms with Crippen molar-refractivity contribution >= 4 is 11.8 Å². The summed E-state index contributed by atoms with van der Waals surface area (Å²) in [5, 5.41) is 7.67. The van der Waals surface area contributed by atoms with Crippen LogP contribution in [0.3, 0.4) is 0 Å². The van der Waals surface area contributed by atoms with E-state index in [-0.39, 0.29) is 12.1 Å². The number of anilines is 1. The molecule has 3 aromatic heterocycles. The Kier molecular flexibility index (Phi) is 3.70. The number of amides is 2.